The first-order valence-corrected chi connectivity index (χ1v) is 21.3. The highest BCUT2D eigenvalue weighted by Gasteiger charge is 2.20. The highest BCUT2D eigenvalue weighted by Crippen LogP contribution is 2.44. The minimum absolute atomic E-state index is 0.834. The Hall–Kier alpha value is -7.60. The number of thiophene rings is 1. The molecule has 0 aliphatic rings. The maximum Gasteiger partial charge on any atom is 0.137 e. The van der Waals surface area contributed by atoms with Crippen LogP contribution >= 0.6 is 11.3 Å². The van der Waals surface area contributed by atoms with Gasteiger partial charge in [-0.25, -0.2) is 0 Å². The third-order valence-electron chi connectivity index (χ3n) is 10.8. The van der Waals surface area contributed by atoms with Crippen molar-refractivity contribution in [3.8, 4) is 0 Å². The Balaban J connectivity index is 1.13. The second-order valence-corrected chi connectivity index (χ2v) is 15.7. The summed E-state index contributed by atoms with van der Waals surface area (Å²) in [5.41, 5.74) is 11.1. The van der Waals surface area contributed by atoms with Crippen molar-refractivity contribution in [1.82, 2.24) is 0 Å². The number of nitrogens with zero attached hydrogens (tertiary/aromatic N) is 3. The largest absolute Gasteiger partial charge is 0.456 e. The fourth-order valence-electron chi connectivity index (χ4n) is 8.06. The van der Waals surface area contributed by atoms with E-state index < -0.39 is 0 Å². The maximum absolute atomic E-state index is 6.63. The van der Waals surface area contributed by atoms with Gasteiger partial charge in [0.25, 0.3) is 0 Å². The summed E-state index contributed by atoms with van der Waals surface area (Å²) in [5, 5.41) is 4.56. The van der Waals surface area contributed by atoms with Gasteiger partial charge in [-0.05, 0) is 135 Å². The monoisotopic (exact) mass is 807 g/mol. The second-order valence-electron chi connectivity index (χ2n) is 14.6. The summed E-state index contributed by atoms with van der Waals surface area (Å²) in [7, 11) is 0. The molecule has 2 heterocycles. The Morgan fingerprint density at radius 3 is 1.67 bits per heavy atom. The van der Waals surface area contributed by atoms with E-state index in [1.54, 1.807) is 11.3 Å². The summed E-state index contributed by atoms with van der Waals surface area (Å²) >= 11 is 1.80. The lowest BCUT2D eigenvalue weighted by Gasteiger charge is -2.27. The summed E-state index contributed by atoms with van der Waals surface area (Å²) < 4.78 is 9.05. The van der Waals surface area contributed by atoms with Crippen LogP contribution < -0.4 is 14.7 Å². The van der Waals surface area contributed by atoms with Gasteiger partial charge in [0.15, 0.2) is 0 Å². The van der Waals surface area contributed by atoms with E-state index in [-0.39, 0.29) is 0 Å². The van der Waals surface area contributed by atoms with E-state index >= 15 is 0 Å². The first-order valence-electron chi connectivity index (χ1n) is 20.5. The third-order valence-corrected chi connectivity index (χ3v) is 11.9. The van der Waals surface area contributed by atoms with E-state index in [9.17, 15) is 0 Å². The van der Waals surface area contributed by atoms with Crippen LogP contribution in [0.2, 0.25) is 0 Å². The lowest BCUT2D eigenvalue weighted by atomic mass is 10.1. The fourth-order valence-corrected chi connectivity index (χ4v) is 9.18. The van der Waals surface area contributed by atoms with Crippen molar-refractivity contribution in [3.63, 3.8) is 0 Å². The molecule has 0 amide bonds. The van der Waals surface area contributed by atoms with Gasteiger partial charge < -0.3 is 19.1 Å². The first-order chi connectivity index (χ1) is 30.1. The number of hydrogen-bond donors (Lipinski definition) is 0. The molecule has 0 saturated heterocycles. The van der Waals surface area contributed by atoms with Crippen molar-refractivity contribution < 1.29 is 4.42 Å². The normalized spacial score (nSPS) is 12.3. The van der Waals surface area contributed by atoms with Crippen LogP contribution in [0.15, 0.2) is 241 Å². The van der Waals surface area contributed by atoms with E-state index in [2.05, 4.69) is 204 Å². The Morgan fingerprint density at radius 2 is 1.05 bits per heavy atom. The van der Waals surface area contributed by atoms with Crippen molar-refractivity contribution in [2.75, 3.05) is 14.7 Å². The number of para-hydroxylation sites is 3. The zero-order valence-corrected chi connectivity index (χ0v) is 35.1. The molecule has 0 spiro atoms. The predicted molar refractivity (Wildman–Crippen MR) is 265 cm³/mol. The molecule has 61 heavy (non-hydrogen) atoms. The predicted octanol–water partition coefficient (Wildman–Crippen LogP) is 17.0. The zero-order chi connectivity index (χ0) is 41.7. The number of anilines is 7. The molecule has 0 N–H and O–H groups in total. The van der Waals surface area contributed by atoms with E-state index in [0.717, 1.165) is 73.1 Å². The molecule has 0 aliphatic heterocycles. The minimum Gasteiger partial charge on any atom is -0.456 e. The fraction of sp³-hybridized carbons (Fsp3) is 0.0357. The topological polar surface area (TPSA) is 22.9 Å². The standard InChI is InChI=1S/C56H45N3OS/c1-5-9-21-40(8-4)57(41(19-6-2)20-7-3)48-29-33-50-52-37-46(31-35-55(52)61-56(50)39-48)59(44-26-17-12-18-27-44)47-28-32-49-51-36-45(30-34-53(51)60-54(49)38-47)58(42-22-13-10-14-23-42)43-24-15-11-16-25-43/h5-39H,2,4H2,1,3H3/b9-5-,20-7-,40-21+,41-19+. The molecule has 0 saturated carbocycles. The van der Waals surface area contributed by atoms with Crippen LogP contribution in [0.1, 0.15) is 13.8 Å². The van der Waals surface area contributed by atoms with Crippen LogP contribution in [-0.4, -0.2) is 0 Å². The van der Waals surface area contributed by atoms with E-state index in [1.165, 1.54) is 20.2 Å². The quantitative estimate of drug-likeness (QED) is 0.108. The number of furan rings is 1. The Bertz CT molecular complexity index is 3110. The van der Waals surface area contributed by atoms with Gasteiger partial charge in [-0.15, -0.1) is 11.3 Å². The Labute approximate surface area is 361 Å². The van der Waals surface area contributed by atoms with Gasteiger partial charge in [-0.3, -0.25) is 0 Å². The summed E-state index contributed by atoms with van der Waals surface area (Å²) in [6.45, 7) is 12.2. The minimum atomic E-state index is 0.834. The average Bonchev–Trinajstić information content (AvgIpc) is 3.86. The smallest absolute Gasteiger partial charge is 0.137 e. The first kappa shape index (κ1) is 38.9. The molecule has 0 atom stereocenters. The van der Waals surface area contributed by atoms with Crippen molar-refractivity contribution in [2.24, 2.45) is 0 Å². The van der Waals surface area contributed by atoms with Crippen LogP contribution in [-0.2, 0) is 0 Å². The van der Waals surface area contributed by atoms with Crippen molar-refractivity contribution in [3.05, 3.63) is 237 Å². The van der Waals surface area contributed by atoms with Crippen molar-refractivity contribution in [1.29, 1.82) is 0 Å². The van der Waals surface area contributed by atoms with Gasteiger partial charge in [0.05, 0.1) is 0 Å². The molecule has 0 fully saturated rings. The third kappa shape index (κ3) is 7.59. The lowest BCUT2D eigenvalue weighted by Crippen LogP contribution is -2.19. The molecule has 5 heteroatoms. The summed E-state index contributed by atoms with van der Waals surface area (Å²) in [6, 6.07) is 58.1. The number of allylic oxidation sites excluding steroid dienone is 8. The molecular formula is C56H45N3OS. The molecule has 7 aromatic carbocycles. The van der Waals surface area contributed by atoms with Gasteiger partial charge >= 0.3 is 0 Å². The number of rotatable bonds is 13. The molecule has 296 valence electrons. The lowest BCUT2D eigenvalue weighted by molar-refractivity contribution is 0.669. The summed E-state index contributed by atoms with van der Waals surface area (Å²) in [4.78, 5) is 6.82. The molecule has 2 aromatic heterocycles. The number of hydrogen-bond acceptors (Lipinski definition) is 5. The van der Waals surface area contributed by atoms with E-state index in [4.69, 9.17) is 4.42 Å². The Morgan fingerprint density at radius 1 is 0.475 bits per heavy atom. The van der Waals surface area contributed by atoms with E-state index in [0.29, 0.717) is 0 Å². The van der Waals surface area contributed by atoms with E-state index in [1.807, 2.05) is 50.3 Å². The van der Waals surface area contributed by atoms with Crippen LogP contribution in [0.4, 0.5) is 39.8 Å². The average molecular weight is 808 g/mol. The maximum atomic E-state index is 6.63. The molecule has 0 unspecified atom stereocenters. The molecular weight excluding hydrogens is 763 g/mol. The van der Waals surface area contributed by atoms with Crippen LogP contribution in [0.3, 0.4) is 0 Å². The highest BCUT2D eigenvalue weighted by atomic mass is 32.1. The van der Waals surface area contributed by atoms with Crippen LogP contribution in [0, 0.1) is 0 Å². The summed E-state index contributed by atoms with van der Waals surface area (Å²) in [6.07, 6.45) is 16.0. The van der Waals surface area contributed by atoms with Gasteiger partial charge in [-0.2, -0.15) is 0 Å². The number of benzene rings is 7. The van der Waals surface area contributed by atoms with Crippen molar-refractivity contribution >= 4 is 93.3 Å². The van der Waals surface area contributed by atoms with Gasteiger partial charge in [0, 0.05) is 88.2 Å². The van der Waals surface area contributed by atoms with Gasteiger partial charge in [0.2, 0.25) is 0 Å². The van der Waals surface area contributed by atoms with Gasteiger partial charge in [-0.1, -0.05) is 98.1 Å². The highest BCUT2D eigenvalue weighted by molar-refractivity contribution is 7.25. The molecule has 9 aromatic rings. The van der Waals surface area contributed by atoms with Gasteiger partial charge in [0.1, 0.15) is 11.2 Å². The Kier molecular flexibility index (Phi) is 11.0. The molecule has 4 nitrogen and oxygen atoms in total. The number of fused-ring (bicyclic) bond motifs is 6. The van der Waals surface area contributed by atoms with Crippen LogP contribution in [0.5, 0.6) is 0 Å². The molecule has 0 bridgehead atoms. The zero-order valence-electron chi connectivity index (χ0n) is 34.3. The van der Waals surface area contributed by atoms with Crippen LogP contribution in [0.25, 0.3) is 42.1 Å². The molecule has 9 rings (SSSR count). The second kappa shape index (κ2) is 17.3. The molecule has 0 radical (unpaired) electrons. The van der Waals surface area contributed by atoms with Crippen molar-refractivity contribution in [2.45, 2.75) is 13.8 Å². The summed E-state index contributed by atoms with van der Waals surface area (Å²) in [5.74, 6) is 0. The SMILES string of the molecule is C=C/C=C(\C=C/C)N(/C(C=C)=C/C=C\C)c1ccc2c(c1)sc1ccc(N(c3ccccc3)c3ccc4c(c3)oc3ccc(N(c5ccccc5)c5ccccc5)cc34)cc12. The molecule has 0 aliphatic carbocycles.